The van der Waals surface area contributed by atoms with Crippen molar-refractivity contribution in [1.29, 1.82) is 0 Å². The van der Waals surface area contributed by atoms with E-state index in [1.807, 2.05) is 11.3 Å². The van der Waals surface area contributed by atoms with Gasteiger partial charge in [-0.05, 0) is 38.3 Å². The van der Waals surface area contributed by atoms with Crippen LogP contribution in [0.5, 0.6) is 0 Å². The standard InChI is InChI=1S/C12H18OS/c1-3-4-10-5-6-11(14-10)7-8-12-9(2)13-12/h5-6,9,12H,3-4,7-8H2,1-2H3. The van der Waals surface area contributed by atoms with Crippen molar-refractivity contribution in [2.24, 2.45) is 0 Å². The minimum absolute atomic E-state index is 0.519. The first-order chi connectivity index (χ1) is 6.79. The van der Waals surface area contributed by atoms with Gasteiger partial charge in [0.2, 0.25) is 0 Å². The van der Waals surface area contributed by atoms with Crippen molar-refractivity contribution in [3.8, 4) is 0 Å². The molecule has 1 aliphatic rings. The van der Waals surface area contributed by atoms with Crippen molar-refractivity contribution in [2.45, 2.75) is 51.7 Å². The molecule has 1 aliphatic heterocycles. The zero-order valence-corrected chi connectivity index (χ0v) is 9.77. The van der Waals surface area contributed by atoms with E-state index in [4.69, 9.17) is 4.74 Å². The van der Waals surface area contributed by atoms with Gasteiger partial charge in [0.15, 0.2) is 0 Å². The second kappa shape index (κ2) is 4.45. The maximum absolute atomic E-state index is 5.40. The molecule has 1 nitrogen and oxygen atoms in total. The molecule has 0 saturated carbocycles. The van der Waals surface area contributed by atoms with Crippen molar-refractivity contribution in [3.05, 3.63) is 21.9 Å². The highest BCUT2D eigenvalue weighted by molar-refractivity contribution is 7.11. The Bertz CT molecular complexity index is 292. The van der Waals surface area contributed by atoms with Crippen LogP contribution < -0.4 is 0 Å². The zero-order chi connectivity index (χ0) is 9.97. The summed E-state index contributed by atoms with van der Waals surface area (Å²) in [5.74, 6) is 0. The van der Waals surface area contributed by atoms with E-state index in [0.717, 1.165) is 0 Å². The lowest BCUT2D eigenvalue weighted by Gasteiger charge is -1.93. The fraction of sp³-hybridized carbons (Fsp3) is 0.667. The van der Waals surface area contributed by atoms with Gasteiger partial charge in [0.05, 0.1) is 12.2 Å². The van der Waals surface area contributed by atoms with E-state index >= 15 is 0 Å². The highest BCUT2D eigenvalue weighted by atomic mass is 32.1. The summed E-state index contributed by atoms with van der Waals surface area (Å²) < 4.78 is 5.40. The molecule has 0 amide bonds. The van der Waals surface area contributed by atoms with Crippen molar-refractivity contribution in [2.75, 3.05) is 0 Å². The van der Waals surface area contributed by atoms with Gasteiger partial charge in [-0.25, -0.2) is 0 Å². The van der Waals surface area contributed by atoms with Gasteiger partial charge >= 0.3 is 0 Å². The van der Waals surface area contributed by atoms with Crippen LogP contribution in [0.4, 0.5) is 0 Å². The summed E-state index contributed by atoms with van der Waals surface area (Å²) in [4.78, 5) is 3.06. The fourth-order valence-electron chi connectivity index (χ4n) is 1.76. The number of epoxide rings is 1. The monoisotopic (exact) mass is 210 g/mol. The number of rotatable bonds is 5. The van der Waals surface area contributed by atoms with Crippen LogP contribution in [-0.2, 0) is 17.6 Å². The molecule has 0 aliphatic carbocycles. The van der Waals surface area contributed by atoms with Crippen LogP contribution in [0.25, 0.3) is 0 Å². The molecular formula is C12H18OS. The molecule has 2 unspecified atom stereocenters. The van der Waals surface area contributed by atoms with Gasteiger partial charge in [0.1, 0.15) is 0 Å². The van der Waals surface area contributed by atoms with Gasteiger partial charge in [0, 0.05) is 9.75 Å². The van der Waals surface area contributed by atoms with Crippen molar-refractivity contribution >= 4 is 11.3 Å². The van der Waals surface area contributed by atoms with Gasteiger partial charge in [-0.15, -0.1) is 11.3 Å². The largest absolute Gasteiger partial charge is 0.370 e. The second-order valence-electron chi connectivity index (χ2n) is 4.04. The lowest BCUT2D eigenvalue weighted by atomic mass is 10.2. The normalized spacial score (nSPS) is 25.3. The van der Waals surface area contributed by atoms with Crippen molar-refractivity contribution < 1.29 is 4.74 Å². The Balaban J connectivity index is 1.78. The van der Waals surface area contributed by atoms with Gasteiger partial charge in [-0.3, -0.25) is 0 Å². The van der Waals surface area contributed by atoms with E-state index in [2.05, 4.69) is 26.0 Å². The number of hydrogen-bond donors (Lipinski definition) is 0. The number of thiophene rings is 1. The summed E-state index contributed by atoms with van der Waals surface area (Å²) in [6, 6.07) is 4.56. The molecule has 2 heterocycles. The van der Waals surface area contributed by atoms with Gasteiger partial charge in [0.25, 0.3) is 0 Å². The third-order valence-corrected chi connectivity index (χ3v) is 3.93. The molecule has 78 valence electrons. The smallest absolute Gasteiger partial charge is 0.0842 e. The van der Waals surface area contributed by atoms with E-state index in [9.17, 15) is 0 Å². The van der Waals surface area contributed by atoms with E-state index in [1.54, 1.807) is 0 Å². The summed E-state index contributed by atoms with van der Waals surface area (Å²) in [7, 11) is 0. The number of aryl methyl sites for hydroxylation is 2. The molecule has 0 N–H and O–H groups in total. The zero-order valence-electron chi connectivity index (χ0n) is 8.95. The van der Waals surface area contributed by atoms with Gasteiger partial charge in [-0.1, -0.05) is 13.3 Å². The fourth-order valence-corrected chi connectivity index (χ4v) is 2.89. The number of hydrogen-bond acceptors (Lipinski definition) is 2. The minimum atomic E-state index is 0.519. The molecule has 1 aromatic heterocycles. The molecule has 2 heteroatoms. The molecule has 0 bridgehead atoms. The Kier molecular flexibility index (Phi) is 3.24. The maximum atomic E-state index is 5.40. The summed E-state index contributed by atoms with van der Waals surface area (Å²) >= 11 is 1.97. The second-order valence-corrected chi connectivity index (χ2v) is 5.29. The first-order valence-electron chi connectivity index (χ1n) is 5.52. The molecule has 2 rings (SSSR count). The van der Waals surface area contributed by atoms with Gasteiger partial charge < -0.3 is 4.74 Å². The summed E-state index contributed by atoms with van der Waals surface area (Å²) in [5, 5.41) is 0. The van der Waals surface area contributed by atoms with Crippen LogP contribution in [0, 0.1) is 0 Å². The highest BCUT2D eigenvalue weighted by Gasteiger charge is 2.33. The lowest BCUT2D eigenvalue weighted by Crippen LogP contribution is -1.91. The van der Waals surface area contributed by atoms with Gasteiger partial charge in [-0.2, -0.15) is 0 Å². The van der Waals surface area contributed by atoms with E-state index < -0.39 is 0 Å². The summed E-state index contributed by atoms with van der Waals surface area (Å²) in [6.07, 6.45) is 5.96. The molecular weight excluding hydrogens is 192 g/mol. The molecule has 1 saturated heterocycles. The SMILES string of the molecule is CCCc1ccc(CCC2OC2C)s1. The number of ether oxygens (including phenoxy) is 1. The third kappa shape index (κ3) is 2.58. The predicted molar refractivity (Wildman–Crippen MR) is 61.0 cm³/mol. The third-order valence-electron chi connectivity index (χ3n) is 2.73. The maximum Gasteiger partial charge on any atom is 0.0842 e. The average Bonchev–Trinajstić information content (AvgIpc) is 2.69. The Morgan fingerprint density at radius 2 is 1.93 bits per heavy atom. The Morgan fingerprint density at radius 1 is 1.29 bits per heavy atom. The molecule has 0 radical (unpaired) electrons. The Morgan fingerprint density at radius 3 is 2.50 bits per heavy atom. The van der Waals surface area contributed by atoms with Crippen molar-refractivity contribution in [3.63, 3.8) is 0 Å². The Labute approximate surface area is 90.1 Å². The lowest BCUT2D eigenvalue weighted by molar-refractivity contribution is 0.371. The highest BCUT2D eigenvalue weighted by Crippen LogP contribution is 2.27. The molecule has 1 aromatic rings. The topological polar surface area (TPSA) is 12.5 Å². The van der Waals surface area contributed by atoms with Crippen LogP contribution >= 0.6 is 11.3 Å². The van der Waals surface area contributed by atoms with Crippen LogP contribution in [0.3, 0.4) is 0 Å². The van der Waals surface area contributed by atoms with E-state index in [1.165, 1.54) is 35.4 Å². The van der Waals surface area contributed by atoms with Crippen LogP contribution in [-0.4, -0.2) is 12.2 Å². The molecule has 2 atom stereocenters. The quantitative estimate of drug-likeness (QED) is 0.678. The summed E-state index contributed by atoms with van der Waals surface area (Å²) in [5.41, 5.74) is 0. The first kappa shape index (κ1) is 10.2. The molecule has 0 spiro atoms. The van der Waals surface area contributed by atoms with Crippen LogP contribution in [0.15, 0.2) is 12.1 Å². The molecule has 0 aromatic carbocycles. The first-order valence-corrected chi connectivity index (χ1v) is 6.34. The van der Waals surface area contributed by atoms with Crippen LogP contribution in [0.1, 0.15) is 36.4 Å². The van der Waals surface area contributed by atoms with E-state index in [-0.39, 0.29) is 0 Å². The average molecular weight is 210 g/mol. The summed E-state index contributed by atoms with van der Waals surface area (Å²) in [6.45, 7) is 4.39. The Hall–Kier alpha value is -0.340. The molecule has 14 heavy (non-hydrogen) atoms. The van der Waals surface area contributed by atoms with Crippen molar-refractivity contribution in [1.82, 2.24) is 0 Å². The molecule has 1 fully saturated rings. The van der Waals surface area contributed by atoms with Crippen LogP contribution in [0.2, 0.25) is 0 Å². The predicted octanol–water partition coefficient (Wildman–Crippen LogP) is 3.42. The minimum Gasteiger partial charge on any atom is -0.370 e. The van der Waals surface area contributed by atoms with E-state index in [0.29, 0.717) is 12.2 Å².